The van der Waals surface area contributed by atoms with Gasteiger partial charge in [0.1, 0.15) is 0 Å². The highest BCUT2D eigenvalue weighted by molar-refractivity contribution is 7.13. The fourth-order valence-electron chi connectivity index (χ4n) is 3.99. The number of esters is 1. The largest absolute Gasteiger partial charge is 0.481 e. The van der Waals surface area contributed by atoms with Crippen molar-refractivity contribution >= 4 is 51.8 Å². The van der Waals surface area contributed by atoms with Crippen LogP contribution in [0.3, 0.4) is 0 Å². The van der Waals surface area contributed by atoms with Crippen LogP contribution < -0.4 is 10.6 Å². The van der Waals surface area contributed by atoms with E-state index in [1.807, 2.05) is 50.5 Å². The van der Waals surface area contributed by atoms with E-state index in [4.69, 9.17) is 9.84 Å². The van der Waals surface area contributed by atoms with E-state index in [-0.39, 0.29) is 12.3 Å². The van der Waals surface area contributed by atoms with E-state index >= 15 is 0 Å². The number of benzene rings is 2. The van der Waals surface area contributed by atoms with Gasteiger partial charge in [0.05, 0.1) is 40.9 Å². The van der Waals surface area contributed by atoms with E-state index in [2.05, 4.69) is 15.5 Å². The quantitative estimate of drug-likeness (QED) is 0.289. The monoisotopic (exact) mass is 505 g/mol. The summed E-state index contributed by atoms with van der Waals surface area (Å²) in [4.78, 5) is 40.0. The predicted octanol–water partition coefficient (Wildman–Crippen LogP) is 4.55. The zero-order chi connectivity index (χ0) is 25.8. The molecule has 1 aliphatic rings. The summed E-state index contributed by atoms with van der Waals surface area (Å²) in [7, 11) is 5.33. The normalized spacial score (nSPS) is 13.8. The third-order valence-corrected chi connectivity index (χ3v) is 6.81. The highest BCUT2D eigenvalue weighted by Crippen LogP contribution is 2.40. The van der Waals surface area contributed by atoms with Crippen LogP contribution in [0.2, 0.25) is 0 Å². The zero-order valence-electron chi connectivity index (χ0n) is 20.3. The lowest BCUT2D eigenvalue weighted by atomic mass is 10.0. The molecular weight excluding hydrogens is 478 g/mol. The number of aliphatic carboxylic acids is 1. The number of carbonyl (C=O) groups excluding carboxylic acids is 2. The van der Waals surface area contributed by atoms with Crippen LogP contribution in [0.25, 0.3) is 11.3 Å². The Morgan fingerprint density at radius 1 is 1.08 bits per heavy atom. The van der Waals surface area contributed by atoms with Gasteiger partial charge in [0.2, 0.25) is 0 Å². The number of fused-ring (bicyclic) bond motifs is 1. The van der Waals surface area contributed by atoms with Crippen LogP contribution in [0.15, 0.2) is 54.6 Å². The summed E-state index contributed by atoms with van der Waals surface area (Å²) in [6.07, 6.45) is 0.444. The van der Waals surface area contributed by atoms with Gasteiger partial charge in [-0.05, 0) is 62.5 Å². The molecule has 0 saturated carbocycles. The van der Waals surface area contributed by atoms with Gasteiger partial charge in [-0.1, -0.05) is 18.2 Å². The fraction of sp³-hybridized carbons (Fsp3) is 0.222. The van der Waals surface area contributed by atoms with Crippen molar-refractivity contribution in [2.24, 2.45) is 0 Å². The highest BCUT2D eigenvalue weighted by Gasteiger charge is 2.30. The molecule has 0 unspecified atom stereocenters. The number of carboxylic acid groups (broad SMARTS) is 1. The Morgan fingerprint density at radius 2 is 1.83 bits per heavy atom. The fourth-order valence-corrected chi connectivity index (χ4v) is 5.01. The number of hydrogen-bond donors (Lipinski definition) is 3. The molecule has 1 aromatic heterocycles. The summed E-state index contributed by atoms with van der Waals surface area (Å²) in [5.74, 6) is -1.63. The first-order valence-corrected chi connectivity index (χ1v) is 12.2. The van der Waals surface area contributed by atoms with Gasteiger partial charge in [0, 0.05) is 22.7 Å². The van der Waals surface area contributed by atoms with Crippen molar-refractivity contribution < 1.29 is 24.2 Å². The number of nitrogens with zero attached hydrogens (tertiary/aromatic N) is 1. The van der Waals surface area contributed by atoms with Crippen molar-refractivity contribution in [2.45, 2.75) is 19.4 Å². The average Bonchev–Trinajstić information content (AvgIpc) is 3.44. The van der Waals surface area contributed by atoms with Crippen LogP contribution in [0.4, 0.5) is 11.4 Å². The SMILES string of the molecule is COC(=O)c1ccc2c(c1)NC(=O)C2=C(Nc1ccc(CN(C)C)cc1)c1ccc(CCC(=O)O)s1. The number of nitrogens with one attached hydrogen (secondary N) is 2. The lowest BCUT2D eigenvalue weighted by molar-refractivity contribution is -0.136. The van der Waals surface area contributed by atoms with Crippen molar-refractivity contribution in [3.63, 3.8) is 0 Å². The number of aryl methyl sites for hydroxylation is 1. The van der Waals surface area contributed by atoms with Crippen molar-refractivity contribution in [3.05, 3.63) is 81.0 Å². The van der Waals surface area contributed by atoms with Gasteiger partial charge in [-0.25, -0.2) is 4.79 Å². The molecule has 3 aromatic rings. The molecule has 1 aliphatic heterocycles. The molecule has 36 heavy (non-hydrogen) atoms. The Balaban J connectivity index is 1.76. The minimum Gasteiger partial charge on any atom is -0.481 e. The summed E-state index contributed by atoms with van der Waals surface area (Å²) in [6, 6.07) is 16.7. The molecule has 1 amide bonds. The second-order valence-electron chi connectivity index (χ2n) is 8.68. The van der Waals surface area contributed by atoms with Gasteiger partial charge in [-0.15, -0.1) is 11.3 Å². The highest BCUT2D eigenvalue weighted by atomic mass is 32.1. The van der Waals surface area contributed by atoms with E-state index < -0.39 is 11.9 Å². The number of amides is 1. The molecule has 0 spiro atoms. The van der Waals surface area contributed by atoms with E-state index in [1.54, 1.807) is 18.2 Å². The van der Waals surface area contributed by atoms with E-state index in [9.17, 15) is 14.4 Å². The molecule has 4 rings (SSSR count). The van der Waals surface area contributed by atoms with Crippen LogP contribution >= 0.6 is 11.3 Å². The van der Waals surface area contributed by atoms with Gasteiger partial charge < -0.3 is 25.4 Å². The number of rotatable bonds is 9. The molecular formula is C27H27N3O5S. The lowest BCUT2D eigenvalue weighted by Gasteiger charge is -2.14. The number of carbonyl (C=O) groups is 3. The van der Waals surface area contributed by atoms with Crippen molar-refractivity contribution in [3.8, 4) is 0 Å². The zero-order valence-corrected chi connectivity index (χ0v) is 21.1. The number of methoxy groups -OCH3 is 1. The maximum Gasteiger partial charge on any atom is 0.337 e. The Morgan fingerprint density at radius 3 is 2.50 bits per heavy atom. The third kappa shape index (κ3) is 5.64. The van der Waals surface area contributed by atoms with Gasteiger partial charge >= 0.3 is 11.9 Å². The summed E-state index contributed by atoms with van der Waals surface area (Å²) in [5.41, 5.74) is 4.57. The molecule has 9 heteroatoms. The second-order valence-corrected chi connectivity index (χ2v) is 9.84. The van der Waals surface area contributed by atoms with E-state index in [0.29, 0.717) is 34.5 Å². The first-order valence-electron chi connectivity index (χ1n) is 11.3. The average molecular weight is 506 g/mol. The van der Waals surface area contributed by atoms with Crippen LogP contribution in [0, 0.1) is 0 Å². The Hall–Kier alpha value is -3.95. The minimum absolute atomic E-state index is 0.0340. The van der Waals surface area contributed by atoms with Crippen LogP contribution in [0.1, 0.15) is 37.7 Å². The molecule has 0 bridgehead atoms. The molecule has 8 nitrogen and oxygen atoms in total. The summed E-state index contributed by atoms with van der Waals surface area (Å²) in [5, 5.41) is 15.3. The summed E-state index contributed by atoms with van der Waals surface area (Å²) >= 11 is 1.44. The number of hydrogen-bond acceptors (Lipinski definition) is 7. The van der Waals surface area contributed by atoms with Crippen LogP contribution in [-0.2, 0) is 27.3 Å². The molecule has 2 aromatic carbocycles. The Kier molecular flexibility index (Phi) is 7.52. The number of ether oxygens (including phenoxy) is 1. The van der Waals surface area contributed by atoms with Gasteiger partial charge in [-0.2, -0.15) is 0 Å². The molecule has 0 atom stereocenters. The molecule has 186 valence electrons. The number of carboxylic acids is 1. The van der Waals surface area contributed by atoms with E-state index in [0.717, 1.165) is 27.5 Å². The van der Waals surface area contributed by atoms with Crippen molar-refractivity contribution in [1.29, 1.82) is 0 Å². The summed E-state index contributed by atoms with van der Waals surface area (Å²) < 4.78 is 4.80. The predicted molar refractivity (Wildman–Crippen MR) is 141 cm³/mol. The van der Waals surface area contributed by atoms with E-state index in [1.165, 1.54) is 18.4 Å². The maximum atomic E-state index is 13.2. The Bertz CT molecular complexity index is 1340. The number of anilines is 2. The first kappa shape index (κ1) is 25.2. The summed E-state index contributed by atoms with van der Waals surface area (Å²) in [6.45, 7) is 0.810. The van der Waals surface area contributed by atoms with Gasteiger partial charge in [0.25, 0.3) is 5.91 Å². The smallest absolute Gasteiger partial charge is 0.337 e. The van der Waals surface area contributed by atoms with Crippen molar-refractivity contribution in [2.75, 3.05) is 31.8 Å². The molecule has 0 saturated heterocycles. The standard InChI is InChI=1S/C27H27N3O5S/c1-30(2)15-16-4-7-18(8-5-16)28-25(22-12-9-19(36-22)10-13-23(31)32)24-20-11-6-17(27(34)35-3)14-21(20)29-26(24)33/h4-9,11-12,14,28H,10,13,15H2,1-3H3,(H,29,33)(H,31,32). The van der Waals surface area contributed by atoms with Crippen molar-refractivity contribution in [1.82, 2.24) is 4.90 Å². The van der Waals surface area contributed by atoms with Crippen LogP contribution in [0.5, 0.6) is 0 Å². The molecule has 3 N–H and O–H groups in total. The number of thiophene rings is 1. The minimum atomic E-state index is -0.857. The first-order chi connectivity index (χ1) is 17.2. The molecule has 2 heterocycles. The maximum absolute atomic E-state index is 13.2. The van der Waals surface area contributed by atoms with Gasteiger partial charge in [-0.3, -0.25) is 9.59 Å². The van der Waals surface area contributed by atoms with Crippen LogP contribution in [-0.4, -0.2) is 49.1 Å². The second kappa shape index (κ2) is 10.8. The molecule has 0 aliphatic carbocycles. The lowest BCUT2D eigenvalue weighted by Crippen LogP contribution is -2.11. The van der Waals surface area contributed by atoms with Gasteiger partial charge in [0.15, 0.2) is 0 Å². The third-order valence-electron chi connectivity index (χ3n) is 5.65. The molecule has 0 radical (unpaired) electrons. The Labute approximate surface area is 213 Å². The topological polar surface area (TPSA) is 108 Å². The molecule has 0 fully saturated rings.